The molecule has 0 aliphatic carbocycles. The van der Waals surface area contributed by atoms with E-state index in [0.29, 0.717) is 19.6 Å². The van der Waals surface area contributed by atoms with Crippen molar-refractivity contribution >= 4 is 8.32 Å². The summed E-state index contributed by atoms with van der Waals surface area (Å²) in [6.07, 6.45) is 1.42. The lowest BCUT2D eigenvalue weighted by Crippen LogP contribution is -2.50. The van der Waals surface area contributed by atoms with Gasteiger partial charge in [0.1, 0.15) is 11.7 Å². The van der Waals surface area contributed by atoms with E-state index in [-0.39, 0.29) is 17.2 Å². The monoisotopic (exact) mass is 434 g/mol. The van der Waals surface area contributed by atoms with E-state index in [9.17, 15) is 0 Å². The standard InChI is InChI=1S/C24H38O5Si/c1-9-24(25-17-18-13-11-10-12-14-18)19(15-16-26-30(7,8)22(2,3)4)27-21-20(24)28-23(5,6)29-21/h9-14,19-21H,1,15-17H2,2-8H3/t19-,20+,21-,24-/m1/s1. The fourth-order valence-electron chi connectivity index (χ4n) is 3.78. The molecular weight excluding hydrogens is 396 g/mol. The van der Waals surface area contributed by atoms with Crippen molar-refractivity contribution in [2.45, 2.75) is 95.7 Å². The zero-order valence-corrected chi connectivity index (χ0v) is 20.6. The second-order valence-electron chi connectivity index (χ2n) is 10.3. The lowest BCUT2D eigenvalue weighted by Gasteiger charge is -2.38. The van der Waals surface area contributed by atoms with Crippen molar-refractivity contribution in [1.29, 1.82) is 0 Å². The van der Waals surface area contributed by atoms with Gasteiger partial charge in [0.2, 0.25) is 0 Å². The molecule has 2 aliphatic rings. The molecule has 0 bridgehead atoms. The number of ether oxygens (including phenoxy) is 4. The van der Waals surface area contributed by atoms with Crippen LogP contribution < -0.4 is 0 Å². The molecule has 4 atom stereocenters. The van der Waals surface area contributed by atoms with Gasteiger partial charge in [-0.1, -0.05) is 57.2 Å². The van der Waals surface area contributed by atoms with Crippen LogP contribution in [0.2, 0.25) is 18.1 Å². The fourth-order valence-corrected chi connectivity index (χ4v) is 4.84. The van der Waals surface area contributed by atoms with Gasteiger partial charge in [-0.25, -0.2) is 0 Å². The average molecular weight is 435 g/mol. The molecule has 3 rings (SSSR count). The maximum atomic E-state index is 6.50. The van der Waals surface area contributed by atoms with Crippen LogP contribution in [-0.4, -0.2) is 44.8 Å². The molecule has 2 fully saturated rings. The van der Waals surface area contributed by atoms with Crippen molar-refractivity contribution in [2.24, 2.45) is 0 Å². The van der Waals surface area contributed by atoms with E-state index in [1.165, 1.54) is 0 Å². The first-order valence-corrected chi connectivity index (χ1v) is 13.8. The topological polar surface area (TPSA) is 46.2 Å². The maximum Gasteiger partial charge on any atom is 0.191 e. The van der Waals surface area contributed by atoms with Crippen molar-refractivity contribution in [3.63, 3.8) is 0 Å². The number of fused-ring (bicyclic) bond motifs is 1. The molecule has 2 heterocycles. The van der Waals surface area contributed by atoms with E-state index < -0.39 is 26.0 Å². The van der Waals surface area contributed by atoms with Crippen molar-refractivity contribution in [2.75, 3.05) is 6.61 Å². The Labute approximate surface area is 182 Å². The van der Waals surface area contributed by atoms with Crippen LogP contribution in [-0.2, 0) is 30.0 Å². The van der Waals surface area contributed by atoms with Crippen LogP contribution in [0.3, 0.4) is 0 Å². The molecule has 0 aromatic heterocycles. The summed E-state index contributed by atoms with van der Waals surface area (Å²) in [5.41, 5.74) is 0.294. The lowest BCUT2D eigenvalue weighted by molar-refractivity contribution is -0.231. The van der Waals surface area contributed by atoms with Gasteiger partial charge in [-0.3, -0.25) is 0 Å². The van der Waals surface area contributed by atoms with Crippen molar-refractivity contribution < 1.29 is 23.4 Å². The van der Waals surface area contributed by atoms with Gasteiger partial charge in [-0.05, 0) is 44.0 Å². The molecule has 0 saturated carbocycles. The van der Waals surface area contributed by atoms with Gasteiger partial charge in [-0.2, -0.15) is 0 Å². The predicted molar refractivity (Wildman–Crippen MR) is 121 cm³/mol. The first kappa shape index (κ1) is 23.6. The molecule has 2 saturated heterocycles. The van der Waals surface area contributed by atoms with Gasteiger partial charge in [-0.15, -0.1) is 6.58 Å². The second-order valence-corrected chi connectivity index (χ2v) is 15.1. The van der Waals surface area contributed by atoms with Crippen LogP contribution in [0.1, 0.15) is 46.6 Å². The zero-order chi connectivity index (χ0) is 22.2. The first-order valence-electron chi connectivity index (χ1n) is 10.9. The molecule has 1 aromatic carbocycles. The highest BCUT2D eigenvalue weighted by Gasteiger charge is 2.63. The highest BCUT2D eigenvalue weighted by atomic mass is 28.4. The Bertz CT molecular complexity index is 727. The summed E-state index contributed by atoms with van der Waals surface area (Å²) < 4.78 is 31.5. The smallest absolute Gasteiger partial charge is 0.191 e. The van der Waals surface area contributed by atoms with E-state index in [1.807, 2.05) is 38.1 Å². The van der Waals surface area contributed by atoms with E-state index in [4.69, 9.17) is 23.4 Å². The summed E-state index contributed by atoms with van der Waals surface area (Å²) in [4.78, 5) is 0. The molecule has 0 N–H and O–H groups in total. The number of benzene rings is 1. The van der Waals surface area contributed by atoms with Crippen molar-refractivity contribution in [3.8, 4) is 0 Å². The van der Waals surface area contributed by atoms with Crippen LogP contribution in [0, 0.1) is 0 Å². The third-order valence-electron chi connectivity index (χ3n) is 6.60. The van der Waals surface area contributed by atoms with Gasteiger partial charge >= 0.3 is 0 Å². The Balaban J connectivity index is 1.76. The molecule has 6 heteroatoms. The number of hydrogen-bond donors (Lipinski definition) is 0. The number of hydrogen-bond acceptors (Lipinski definition) is 5. The van der Waals surface area contributed by atoms with E-state index in [1.54, 1.807) is 0 Å². The minimum Gasteiger partial charge on any atom is -0.417 e. The summed E-state index contributed by atoms with van der Waals surface area (Å²) in [6.45, 7) is 20.2. The molecule has 2 aliphatic heterocycles. The van der Waals surface area contributed by atoms with Crippen molar-refractivity contribution in [1.82, 2.24) is 0 Å². The maximum absolute atomic E-state index is 6.50. The van der Waals surface area contributed by atoms with Crippen LogP contribution >= 0.6 is 0 Å². The Kier molecular flexibility index (Phi) is 6.69. The largest absolute Gasteiger partial charge is 0.417 e. The van der Waals surface area contributed by atoms with Crippen LogP contribution in [0.15, 0.2) is 43.0 Å². The van der Waals surface area contributed by atoms with E-state index in [0.717, 1.165) is 5.56 Å². The molecule has 168 valence electrons. The zero-order valence-electron chi connectivity index (χ0n) is 19.6. The summed E-state index contributed by atoms with van der Waals surface area (Å²) in [6, 6.07) is 10.1. The lowest BCUT2D eigenvalue weighted by atomic mass is 9.90. The highest BCUT2D eigenvalue weighted by molar-refractivity contribution is 6.74. The predicted octanol–water partition coefficient (Wildman–Crippen LogP) is 5.42. The number of rotatable bonds is 8. The van der Waals surface area contributed by atoms with E-state index >= 15 is 0 Å². The van der Waals surface area contributed by atoms with Gasteiger partial charge in [0.05, 0.1) is 12.7 Å². The molecule has 1 aromatic rings. The summed E-state index contributed by atoms with van der Waals surface area (Å²) in [5.74, 6) is -0.720. The Morgan fingerprint density at radius 1 is 1.13 bits per heavy atom. The Hall–Kier alpha value is -1.02. The molecule has 30 heavy (non-hydrogen) atoms. The molecule has 0 amide bonds. The molecule has 0 unspecified atom stereocenters. The van der Waals surface area contributed by atoms with Gasteiger partial charge in [0.25, 0.3) is 0 Å². The van der Waals surface area contributed by atoms with Crippen molar-refractivity contribution in [3.05, 3.63) is 48.6 Å². The molecule has 0 radical (unpaired) electrons. The minimum absolute atomic E-state index is 0.162. The van der Waals surface area contributed by atoms with Gasteiger partial charge in [0.15, 0.2) is 20.4 Å². The summed E-state index contributed by atoms with van der Waals surface area (Å²) in [5, 5.41) is 0.162. The second kappa shape index (κ2) is 8.49. The minimum atomic E-state index is -1.84. The normalized spacial score (nSPS) is 31.0. The third kappa shape index (κ3) is 4.74. The Morgan fingerprint density at radius 2 is 1.80 bits per heavy atom. The quantitative estimate of drug-likeness (QED) is 0.404. The van der Waals surface area contributed by atoms with Crippen LogP contribution in [0.5, 0.6) is 0 Å². The Morgan fingerprint density at radius 3 is 2.40 bits per heavy atom. The van der Waals surface area contributed by atoms with Gasteiger partial charge in [0, 0.05) is 6.61 Å². The third-order valence-corrected chi connectivity index (χ3v) is 11.1. The molecule has 0 spiro atoms. The highest BCUT2D eigenvalue weighted by Crippen LogP contribution is 2.47. The van der Waals surface area contributed by atoms with Crippen LogP contribution in [0.25, 0.3) is 0 Å². The van der Waals surface area contributed by atoms with E-state index in [2.05, 4.69) is 52.6 Å². The fraction of sp³-hybridized carbons (Fsp3) is 0.667. The summed E-state index contributed by atoms with van der Waals surface area (Å²) in [7, 11) is -1.84. The average Bonchev–Trinajstić information content (AvgIpc) is 3.10. The first-order chi connectivity index (χ1) is 13.9. The molecular formula is C24H38O5Si. The van der Waals surface area contributed by atoms with Crippen LogP contribution in [0.4, 0.5) is 0 Å². The summed E-state index contributed by atoms with van der Waals surface area (Å²) >= 11 is 0. The SMILES string of the molecule is C=C[C@@]1(OCc2ccccc2)[C@@H](CCO[Si](C)(C)C(C)(C)C)O[C@@H]2OC(C)(C)O[C@@H]21. The van der Waals surface area contributed by atoms with Gasteiger partial charge < -0.3 is 23.4 Å². The molecule has 5 nitrogen and oxygen atoms in total.